The number of nitrogens with one attached hydrogen (secondary N) is 2. The van der Waals surface area contributed by atoms with Gasteiger partial charge in [0.25, 0.3) is 0 Å². The van der Waals surface area contributed by atoms with Crippen LogP contribution in [0.4, 0.5) is 5.82 Å². The lowest BCUT2D eigenvalue weighted by atomic mass is 10.2. The van der Waals surface area contributed by atoms with Crippen molar-refractivity contribution in [2.45, 2.75) is 33.1 Å². The fourth-order valence-electron chi connectivity index (χ4n) is 1.91. The first-order valence-corrected chi connectivity index (χ1v) is 7.65. The molecule has 0 unspecified atom stereocenters. The van der Waals surface area contributed by atoms with Gasteiger partial charge in [-0.2, -0.15) is 15.2 Å². The van der Waals surface area contributed by atoms with Crippen LogP contribution in [0.5, 0.6) is 5.75 Å². The number of benzene rings is 1. The van der Waals surface area contributed by atoms with E-state index >= 15 is 0 Å². The van der Waals surface area contributed by atoms with E-state index in [1.54, 1.807) is 13.1 Å². The Balaban J connectivity index is 2.01. The molecule has 0 radical (unpaired) electrons. The third kappa shape index (κ3) is 5.21. The van der Waals surface area contributed by atoms with Gasteiger partial charge in [0.2, 0.25) is 0 Å². The van der Waals surface area contributed by atoms with Crippen molar-refractivity contribution in [3.8, 4) is 5.75 Å². The summed E-state index contributed by atoms with van der Waals surface area (Å²) >= 11 is 0. The van der Waals surface area contributed by atoms with Crippen LogP contribution in [-0.4, -0.2) is 28.0 Å². The molecule has 2 N–H and O–H groups in total. The zero-order chi connectivity index (χ0) is 16.5. The van der Waals surface area contributed by atoms with Crippen molar-refractivity contribution in [3.63, 3.8) is 0 Å². The number of anilines is 1. The van der Waals surface area contributed by atoms with Crippen LogP contribution >= 0.6 is 0 Å². The molecule has 0 aliphatic carbocycles. The highest BCUT2D eigenvalue weighted by atomic mass is 16.5. The molecule has 7 nitrogen and oxygen atoms in total. The quantitative estimate of drug-likeness (QED) is 0.443. The third-order valence-corrected chi connectivity index (χ3v) is 3.17. The minimum absolute atomic E-state index is 0.325. The minimum Gasteiger partial charge on any atom is -0.493 e. The predicted octanol–water partition coefficient (Wildman–Crippen LogP) is 2.49. The van der Waals surface area contributed by atoms with Gasteiger partial charge in [0.15, 0.2) is 5.82 Å². The molecule has 1 aromatic carbocycles. The summed E-state index contributed by atoms with van der Waals surface area (Å²) in [6.07, 6.45) is 4.98. The molecule has 0 saturated heterocycles. The number of aromatic nitrogens is 3. The summed E-state index contributed by atoms with van der Waals surface area (Å²) in [6.45, 7) is 4.57. The summed E-state index contributed by atoms with van der Waals surface area (Å²) in [5, 5.41) is 10.2. The number of aromatic amines is 1. The van der Waals surface area contributed by atoms with Crippen molar-refractivity contribution in [2.24, 2.45) is 5.10 Å². The Morgan fingerprint density at radius 3 is 3.00 bits per heavy atom. The minimum atomic E-state index is -0.520. The molecule has 0 spiro atoms. The summed E-state index contributed by atoms with van der Waals surface area (Å²) in [7, 11) is 0. The Hall–Kier alpha value is -2.70. The lowest BCUT2D eigenvalue weighted by Crippen LogP contribution is -2.15. The van der Waals surface area contributed by atoms with E-state index in [2.05, 4.69) is 32.6 Å². The van der Waals surface area contributed by atoms with E-state index in [1.165, 1.54) is 0 Å². The molecule has 0 fully saturated rings. The summed E-state index contributed by atoms with van der Waals surface area (Å²) < 4.78 is 5.78. The molecule has 0 atom stereocenters. The maximum atomic E-state index is 11.2. The molecule has 2 rings (SSSR count). The lowest BCUT2D eigenvalue weighted by molar-refractivity contribution is 0.306. The molecule has 122 valence electrons. The van der Waals surface area contributed by atoms with Crippen molar-refractivity contribution in [2.75, 3.05) is 12.0 Å². The van der Waals surface area contributed by atoms with Crippen molar-refractivity contribution < 1.29 is 4.74 Å². The maximum absolute atomic E-state index is 11.2. The van der Waals surface area contributed by atoms with Gasteiger partial charge >= 0.3 is 5.69 Å². The Morgan fingerprint density at radius 2 is 2.17 bits per heavy atom. The van der Waals surface area contributed by atoms with Gasteiger partial charge < -0.3 is 4.74 Å². The van der Waals surface area contributed by atoms with E-state index in [1.807, 2.05) is 24.3 Å². The molecule has 0 aliphatic heterocycles. The predicted molar refractivity (Wildman–Crippen MR) is 90.1 cm³/mol. The first kappa shape index (κ1) is 16.7. The fourth-order valence-corrected chi connectivity index (χ4v) is 1.91. The van der Waals surface area contributed by atoms with Gasteiger partial charge in [-0.05, 0) is 25.5 Å². The first-order chi connectivity index (χ1) is 11.2. The summed E-state index contributed by atoms with van der Waals surface area (Å²) in [4.78, 5) is 14.9. The van der Waals surface area contributed by atoms with Crippen molar-refractivity contribution >= 4 is 12.0 Å². The van der Waals surface area contributed by atoms with E-state index in [9.17, 15) is 4.79 Å². The molecule has 0 amide bonds. The highest BCUT2D eigenvalue weighted by molar-refractivity contribution is 5.83. The van der Waals surface area contributed by atoms with Crippen molar-refractivity contribution in [3.05, 3.63) is 46.0 Å². The number of nitrogens with zero attached hydrogens (tertiary/aromatic N) is 3. The average Bonchev–Trinajstić information content (AvgIpc) is 2.56. The lowest BCUT2D eigenvalue weighted by Gasteiger charge is -2.08. The van der Waals surface area contributed by atoms with Crippen LogP contribution < -0.4 is 15.9 Å². The van der Waals surface area contributed by atoms with Gasteiger partial charge in [0, 0.05) is 5.56 Å². The monoisotopic (exact) mass is 315 g/mol. The third-order valence-electron chi connectivity index (χ3n) is 3.17. The van der Waals surface area contributed by atoms with Crippen LogP contribution in [0.2, 0.25) is 0 Å². The van der Waals surface area contributed by atoms with Crippen LogP contribution in [0.3, 0.4) is 0 Å². The van der Waals surface area contributed by atoms with E-state index < -0.39 is 5.69 Å². The highest BCUT2D eigenvalue weighted by Gasteiger charge is 2.02. The van der Waals surface area contributed by atoms with Crippen molar-refractivity contribution in [1.82, 2.24) is 15.2 Å². The molecule has 1 aromatic heterocycles. The molecule has 0 bridgehead atoms. The van der Waals surface area contributed by atoms with E-state index in [4.69, 9.17) is 4.74 Å². The van der Waals surface area contributed by atoms with Gasteiger partial charge in [0.1, 0.15) is 11.4 Å². The number of unbranched alkanes of at least 4 members (excludes halogenated alkanes) is 2. The number of H-pyrrole nitrogens is 1. The van der Waals surface area contributed by atoms with Crippen LogP contribution in [0.15, 0.2) is 34.2 Å². The second-order valence-corrected chi connectivity index (χ2v) is 5.04. The van der Waals surface area contributed by atoms with E-state index in [0.717, 1.165) is 30.6 Å². The van der Waals surface area contributed by atoms with Crippen molar-refractivity contribution in [1.29, 1.82) is 0 Å². The molecule has 0 aliphatic rings. The second kappa shape index (κ2) is 8.67. The largest absolute Gasteiger partial charge is 0.493 e. The fraction of sp³-hybridized carbons (Fsp3) is 0.375. The Morgan fingerprint density at radius 1 is 1.35 bits per heavy atom. The average molecular weight is 315 g/mol. The molecule has 1 heterocycles. The number of hydrogen-bond acceptors (Lipinski definition) is 6. The number of hydrazone groups is 1. The normalized spacial score (nSPS) is 10.9. The van der Waals surface area contributed by atoms with Crippen LogP contribution in [0, 0.1) is 6.92 Å². The zero-order valence-electron chi connectivity index (χ0n) is 13.4. The second-order valence-electron chi connectivity index (χ2n) is 5.04. The topological polar surface area (TPSA) is 92.3 Å². The van der Waals surface area contributed by atoms with Gasteiger partial charge in [-0.3, -0.25) is 5.43 Å². The van der Waals surface area contributed by atoms with Gasteiger partial charge in [-0.25, -0.2) is 9.89 Å². The molecule has 7 heteroatoms. The zero-order valence-corrected chi connectivity index (χ0v) is 13.4. The van der Waals surface area contributed by atoms with Gasteiger partial charge in [-0.15, -0.1) is 0 Å². The molecule has 0 saturated carbocycles. The smallest absolute Gasteiger partial charge is 0.363 e. The Labute approximate surface area is 134 Å². The summed E-state index contributed by atoms with van der Waals surface area (Å²) in [5.41, 5.74) is 3.62. The Bertz CT molecular complexity index is 712. The molecule has 2 aromatic rings. The van der Waals surface area contributed by atoms with Gasteiger partial charge in [-0.1, -0.05) is 31.9 Å². The summed E-state index contributed by atoms with van der Waals surface area (Å²) in [6, 6.07) is 7.66. The van der Waals surface area contributed by atoms with E-state index in [0.29, 0.717) is 18.1 Å². The highest BCUT2D eigenvalue weighted by Crippen LogP contribution is 2.16. The van der Waals surface area contributed by atoms with Gasteiger partial charge in [0.05, 0.1) is 12.8 Å². The molecular weight excluding hydrogens is 294 g/mol. The van der Waals surface area contributed by atoms with Crippen LogP contribution in [0.1, 0.15) is 37.4 Å². The van der Waals surface area contributed by atoms with Crippen LogP contribution in [-0.2, 0) is 0 Å². The standard InChI is InChI=1S/C16H21N5O2/c1-3-4-7-10-23-14-9-6-5-8-13(14)11-17-20-15-12(2)19-21-16(22)18-15/h5-6,8-9,11H,3-4,7,10H2,1-2H3,(H2,18,20,21,22). The number of rotatable bonds is 8. The number of ether oxygens (including phenoxy) is 1. The molecule has 23 heavy (non-hydrogen) atoms. The summed E-state index contributed by atoms with van der Waals surface area (Å²) in [5.74, 6) is 1.11. The number of para-hydroxylation sites is 1. The Kier molecular flexibility index (Phi) is 6.28. The number of hydrogen-bond donors (Lipinski definition) is 2. The van der Waals surface area contributed by atoms with E-state index in [-0.39, 0.29) is 0 Å². The maximum Gasteiger partial charge on any atom is 0.363 e. The first-order valence-electron chi connectivity index (χ1n) is 7.65. The number of aryl methyl sites for hydroxylation is 1. The van der Waals surface area contributed by atoms with Crippen LogP contribution in [0.25, 0.3) is 0 Å². The SMILES string of the molecule is CCCCCOc1ccccc1C=NNc1nc(=O)[nH]nc1C. The molecular formula is C16H21N5O2.